The minimum atomic E-state index is -0.248. The van der Waals surface area contributed by atoms with E-state index in [1.54, 1.807) is 0 Å². The number of nitrogens with zero attached hydrogens (tertiary/aromatic N) is 2. The van der Waals surface area contributed by atoms with Crippen LogP contribution in [0, 0.1) is 11.3 Å². The van der Waals surface area contributed by atoms with Crippen molar-refractivity contribution in [1.82, 2.24) is 4.57 Å². The fraction of sp³-hybridized carbons (Fsp3) is 0.235. The first kappa shape index (κ1) is 25.3. The summed E-state index contributed by atoms with van der Waals surface area (Å²) >= 11 is 0. The SMILES string of the molecule is CCn1c2ccccc2c2cc(C(=O)OCCCCCCc3ccc(-c4ccc(C#N)cc4)cc3)ccc21. The molecule has 0 amide bonds. The van der Waals surface area contributed by atoms with E-state index in [4.69, 9.17) is 10.00 Å². The third-order valence-electron chi connectivity index (χ3n) is 7.22. The van der Waals surface area contributed by atoms with Crippen molar-refractivity contribution in [3.05, 3.63) is 108 Å². The molecule has 4 heteroatoms. The van der Waals surface area contributed by atoms with Gasteiger partial charge in [0.15, 0.2) is 0 Å². The van der Waals surface area contributed by atoms with E-state index in [0.717, 1.165) is 60.7 Å². The van der Waals surface area contributed by atoms with E-state index >= 15 is 0 Å². The fourth-order valence-electron chi connectivity index (χ4n) is 5.16. The Morgan fingerprint density at radius 1 is 0.789 bits per heavy atom. The molecule has 0 bridgehead atoms. The van der Waals surface area contributed by atoms with E-state index in [9.17, 15) is 4.79 Å². The Kier molecular flexibility index (Phi) is 7.85. The number of carbonyl (C=O) groups excluding carboxylic acids is 1. The largest absolute Gasteiger partial charge is 0.462 e. The number of aryl methyl sites for hydroxylation is 2. The van der Waals surface area contributed by atoms with Crippen LogP contribution in [0.1, 0.15) is 54.1 Å². The zero-order valence-corrected chi connectivity index (χ0v) is 21.8. The third-order valence-corrected chi connectivity index (χ3v) is 7.22. The number of esters is 1. The number of unbranched alkanes of at least 4 members (excludes halogenated alkanes) is 3. The molecule has 38 heavy (non-hydrogen) atoms. The van der Waals surface area contributed by atoms with Gasteiger partial charge in [0.2, 0.25) is 0 Å². The van der Waals surface area contributed by atoms with Gasteiger partial charge >= 0.3 is 5.97 Å². The highest BCUT2D eigenvalue weighted by molar-refractivity contribution is 6.10. The van der Waals surface area contributed by atoms with Gasteiger partial charge in [0.1, 0.15) is 0 Å². The standard InChI is InChI=1S/C34H32N2O2/c1-2-36-32-11-7-6-10-30(32)31-23-29(20-21-33(31)36)34(37)38-22-8-4-3-5-9-25-12-16-27(17-13-25)28-18-14-26(24-35)15-19-28/h6-7,10-21,23H,2-5,8-9,22H2,1H3. The van der Waals surface area contributed by atoms with Gasteiger partial charge < -0.3 is 9.30 Å². The molecule has 0 saturated carbocycles. The summed E-state index contributed by atoms with van der Waals surface area (Å²) in [6.45, 7) is 3.48. The summed E-state index contributed by atoms with van der Waals surface area (Å²) in [5.74, 6) is -0.248. The quantitative estimate of drug-likeness (QED) is 0.143. The van der Waals surface area contributed by atoms with Gasteiger partial charge in [-0.1, -0.05) is 67.4 Å². The monoisotopic (exact) mass is 500 g/mol. The highest BCUT2D eigenvalue weighted by Crippen LogP contribution is 2.30. The zero-order valence-electron chi connectivity index (χ0n) is 21.8. The molecular weight excluding hydrogens is 468 g/mol. The minimum Gasteiger partial charge on any atom is -0.462 e. The van der Waals surface area contributed by atoms with E-state index in [1.165, 1.54) is 16.5 Å². The van der Waals surface area contributed by atoms with Crippen molar-refractivity contribution < 1.29 is 9.53 Å². The number of nitriles is 1. The lowest BCUT2D eigenvalue weighted by atomic mass is 10.0. The molecule has 0 atom stereocenters. The van der Waals surface area contributed by atoms with Crippen molar-refractivity contribution in [3.63, 3.8) is 0 Å². The zero-order chi connectivity index (χ0) is 26.3. The summed E-state index contributed by atoms with van der Waals surface area (Å²) < 4.78 is 7.87. The molecule has 5 rings (SSSR count). The van der Waals surface area contributed by atoms with Gasteiger partial charge in [0, 0.05) is 28.4 Å². The second kappa shape index (κ2) is 11.8. The molecule has 1 aromatic heterocycles. The van der Waals surface area contributed by atoms with E-state index < -0.39 is 0 Å². The van der Waals surface area contributed by atoms with Crippen LogP contribution in [0.4, 0.5) is 0 Å². The first-order chi connectivity index (χ1) is 18.7. The number of aromatic nitrogens is 1. The number of fused-ring (bicyclic) bond motifs is 3. The van der Waals surface area contributed by atoms with Crippen LogP contribution < -0.4 is 0 Å². The topological polar surface area (TPSA) is 55.0 Å². The van der Waals surface area contributed by atoms with Gasteiger partial charge in [-0.25, -0.2) is 4.79 Å². The molecule has 0 aliphatic carbocycles. The predicted molar refractivity (Wildman–Crippen MR) is 154 cm³/mol. The third kappa shape index (κ3) is 5.48. The number of carbonyl (C=O) groups is 1. The van der Waals surface area contributed by atoms with Crippen molar-refractivity contribution in [1.29, 1.82) is 5.26 Å². The summed E-state index contributed by atoms with van der Waals surface area (Å²) in [6.07, 6.45) is 5.18. The van der Waals surface area contributed by atoms with Crippen LogP contribution in [0.25, 0.3) is 32.9 Å². The fourth-order valence-corrected chi connectivity index (χ4v) is 5.16. The van der Waals surface area contributed by atoms with Gasteiger partial charge in [-0.05, 0) is 79.3 Å². The summed E-state index contributed by atoms with van der Waals surface area (Å²) in [4.78, 5) is 12.7. The highest BCUT2D eigenvalue weighted by atomic mass is 16.5. The number of hydrogen-bond acceptors (Lipinski definition) is 3. The lowest BCUT2D eigenvalue weighted by Gasteiger charge is -2.07. The lowest BCUT2D eigenvalue weighted by molar-refractivity contribution is 0.0498. The number of benzene rings is 4. The first-order valence-corrected chi connectivity index (χ1v) is 13.5. The average molecular weight is 501 g/mol. The molecule has 0 radical (unpaired) electrons. The summed E-state index contributed by atoms with van der Waals surface area (Å²) in [7, 11) is 0. The van der Waals surface area contributed by atoms with Crippen molar-refractivity contribution in [2.45, 2.75) is 45.6 Å². The number of para-hydroxylation sites is 1. The molecule has 0 spiro atoms. The van der Waals surface area contributed by atoms with E-state index in [0.29, 0.717) is 17.7 Å². The van der Waals surface area contributed by atoms with Crippen molar-refractivity contribution >= 4 is 27.8 Å². The van der Waals surface area contributed by atoms with Crippen LogP contribution in [0.5, 0.6) is 0 Å². The Morgan fingerprint density at radius 2 is 1.47 bits per heavy atom. The summed E-state index contributed by atoms with van der Waals surface area (Å²) in [6, 6.07) is 32.7. The molecule has 5 aromatic rings. The van der Waals surface area contributed by atoms with Crippen LogP contribution in [0.3, 0.4) is 0 Å². The Labute approximate surface area is 224 Å². The highest BCUT2D eigenvalue weighted by Gasteiger charge is 2.13. The van der Waals surface area contributed by atoms with Crippen LogP contribution in [-0.4, -0.2) is 17.1 Å². The predicted octanol–water partition coefficient (Wildman–Crippen LogP) is 8.31. The van der Waals surface area contributed by atoms with Crippen molar-refractivity contribution in [3.8, 4) is 17.2 Å². The lowest BCUT2D eigenvalue weighted by Crippen LogP contribution is -2.06. The molecule has 0 aliphatic rings. The molecule has 0 saturated heterocycles. The molecule has 4 nitrogen and oxygen atoms in total. The van der Waals surface area contributed by atoms with Gasteiger partial charge in [-0.3, -0.25) is 0 Å². The maximum Gasteiger partial charge on any atom is 0.338 e. The van der Waals surface area contributed by atoms with Gasteiger partial charge in [0.05, 0.1) is 23.8 Å². The van der Waals surface area contributed by atoms with E-state index in [-0.39, 0.29) is 5.97 Å². The number of hydrogen-bond donors (Lipinski definition) is 0. The molecule has 0 N–H and O–H groups in total. The smallest absolute Gasteiger partial charge is 0.338 e. The van der Waals surface area contributed by atoms with Crippen LogP contribution >= 0.6 is 0 Å². The average Bonchev–Trinajstić information content (AvgIpc) is 3.30. The van der Waals surface area contributed by atoms with Crippen molar-refractivity contribution in [2.75, 3.05) is 6.61 Å². The van der Waals surface area contributed by atoms with E-state index in [2.05, 4.69) is 60.0 Å². The Morgan fingerprint density at radius 3 is 2.21 bits per heavy atom. The Bertz CT molecular complexity index is 1590. The summed E-state index contributed by atoms with van der Waals surface area (Å²) in [5, 5.41) is 11.2. The van der Waals surface area contributed by atoms with E-state index in [1.807, 2.05) is 48.5 Å². The molecule has 1 heterocycles. The first-order valence-electron chi connectivity index (χ1n) is 13.5. The maximum atomic E-state index is 12.7. The number of ether oxygens (including phenoxy) is 1. The minimum absolute atomic E-state index is 0.248. The second-order valence-corrected chi connectivity index (χ2v) is 9.68. The molecular formula is C34H32N2O2. The van der Waals surface area contributed by atoms with Crippen molar-refractivity contribution in [2.24, 2.45) is 0 Å². The molecule has 4 aromatic carbocycles. The number of rotatable bonds is 10. The van der Waals surface area contributed by atoms with Gasteiger partial charge in [0.25, 0.3) is 0 Å². The van der Waals surface area contributed by atoms with Gasteiger partial charge in [-0.15, -0.1) is 0 Å². The van der Waals surface area contributed by atoms with Gasteiger partial charge in [-0.2, -0.15) is 5.26 Å². The molecule has 0 unspecified atom stereocenters. The maximum absolute atomic E-state index is 12.7. The van der Waals surface area contributed by atoms with Crippen LogP contribution in [0.15, 0.2) is 91.0 Å². The normalized spacial score (nSPS) is 11.1. The van der Waals surface area contributed by atoms with Crippen LogP contribution in [-0.2, 0) is 17.7 Å². The molecule has 0 aliphatic heterocycles. The molecule has 0 fully saturated rings. The van der Waals surface area contributed by atoms with Crippen LogP contribution in [0.2, 0.25) is 0 Å². The Balaban J connectivity index is 1.06. The molecule has 190 valence electrons. The second-order valence-electron chi connectivity index (χ2n) is 9.68. The Hall–Kier alpha value is -4.36. The summed E-state index contributed by atoms with van der Waals surface area (Å²) in [5.41, 5.74) is 7.24.